The Morgan fingerprint density at radius 1 is 1.54 bits per heavy atom. The maximum atomic E-state index is 9.37. The Morgan fingerprint density at radius 3 is 2.69 bits per heavy atom. The van der Waals surface area contributed by atoms with E-state index in [-0.39, 0.29) is 18.8 Å². The van der Waals surface area contributed by atoms with Gasteiger partial charge in [0.05, 0.1) is 18.8 Å². The van der Waals surface area contributed by atoms with Crippen LogP contribution < -0.4 is 0 Å². The average molecular weight is 208 g/mol. The lowest BCUT2D eigenvalue weighted by Gasteiger charge is -2.14. The van der Waals surface area contributed by atoms with Crippen molar-refractivity contribution in [3.8, 4) is 0 Å². The highest BCUT2D eigenvalue weighted by Gasteiger charge is 2.34. The molecule has 1 saturated heterocycles. The van der Waals surface area contributed by atoms with Crippen LogP contribution in [0.4, 0.5) is 0 Å². The highest BCUT2D eigenvalue weighted by Crippen LogP contribution is 2.18. The van der Waals surface area contributed by atoms with E-state index in [0.29, 0.717) is 11.5 Å². The number of rotatable bonds is 4. The molecule has 5 heteroatoms. The van der Waals surface area contributed by atoms with Gasteiger partial charge in [0.1, 0.15) is 12.2 Å². The number of aliphatic hydroxyl groups excluding tert-OH is 3. The van der Waals surface area contributed by atoms with Gasteiger partial charge in [0.15, 0.2) is 0 Å². The van der Waals surface area contributed by atoms with Gasteiger partial charge in [-0.15, -0.1) is 0 Å². The lowest BCUT2D eigenvalue weighted by atomic mass is 10.2. The highest BCUT2D eigenvalue weighted by atomic mass is 32.2. The molecule has 4 atom stereocenters. The van der Waals surface area contributed by atoms with Crippen LogP contribution in [0.5, 0.6) is 0 Å². The molecule has 1 aliphatic rings. The summed E-state index contributed by atoms with van der Waals surface area (Å²) in [6.07, 6.45) is -2.16. The van der Waals surface area contributed by atoms with Gasteiger partial charge < -0.3 is 20.1 Å². The fourth-order valence-corrected chi connectivity index (χ4v) is 2.17. The molecule has 0 saturated carbocycles. The smallest absolute Gasteiger partial charge is 0.109 e. The van der Waals surface area contributed by atoms with Gasteiger partial charge in [-0.3, -0.25) is 0 Å². The summed E-state index contributed by atoms with van der Waals surface area (Å²) in [6, 6.07) is 0. The largest absolute Gasteiger partial charge is 0.393 e. The number of hydrogen-bond donors (Lipinski definition) is 3. The Morgan fingerprint density at radius 2 is 2.23 bits per heavy atom. The molecule has 0 spiro atoms. The quantitative estimate of drug-likeness (QED) is 0.565. The van der Waals surface area contributed by atoms with Gasteiger partial charge in [0.25, 0.3) is 0 Å². The third-order valence-corrected chi connectivity index (χ3v) is 3.18. The summed E-state index contributed by atoms with van der Waals surface area (Å²) >= 11 is 1.52. The van der Waals surface area contributed by atoms with Crippen molar-refractivity contribution in [1.82, 2.24) is 0 Å². The molecule has 78 valence electrons. The predicted molar refractivity (Wildman–Crippen MR) is 50.8 cm³/mol. The second-order valence-electron chi connectivity index (χ2n) is 3.32. The second kappa shape index (κ2) is 5.17. The van der Waals surface area contributed by atoms with E-state index in [1.54, 1.807) is 6.92 Å². The molecule has 0 aromatic heterocycles. The van der Waals surface area contributed by atoms with Gasteiger partial charge in [-0.2, -0.15) is 11.8 Å². The summed E-state index contributed by atoms with van der Waals surface area (Å²) in [5.41, 5.74) is 0. The fraction of sp³-hybridized carbons (Fsp3) is 1.00. The van der Waals surface area contributed by atoms with Crippen LogP contribution in [-0.4, -0.2) is 57.8 Å². The average Bonchev–Trinajstić information content (AvgIpc) is 2.35. The van der Waals surface area contributed by atoms with Crippen LogP contribution in [0.25, 0.3) is 0 Å². The molecule has 3 N–H and O–H groups in total. The molecule has 0 amide bonds. The van der Waals surface area contributed by atoms with E-state index in [0.717, 1.165) is 0 Å². The van der Waals surface area contributed by atoms with Crippen molar-refractivity contribution in [2.24, 2.45) is 0 Å². The van der Waals surface area contributed by atoms with E-state index >= 15 is 0 Å². The van der Waals surface area contributed by atoms with Gasteiger partial charge >= 0.3 is 0 Å². The second-order valence-corrected chi connectivity index (χ2v) is 4.39. The van der Waals surface area contributed by atoms with Crippen LogP contribution in [0.2, 0.25) is 0 Å². The topological polar surface area (TPSA) is 69.9 Å². The number of aliphatic hydroxyl groups is 3. The SMILES string of the molecule is CC(O)CSCC1OCC(O)C1O. The maximum absolute atomic E-state index is 9.37. The van der Waals surface area contributed by atoms with Gasteiger partial charge in [-0.1, -0.05) is 0 Å². The lowest BCUT2D eigenvalue weighted by molar-refractivity contribution is 0.0337. The van der Waals surface area contributed by atoms with Crippen LogP contribution in [-0.2, 0) is 4.74 Å². The molecule has 13 heavy (non-hydrogen) atoms. The maximum Gasteiger partial charge on any atom is 0.109 e. The van der Waals surface area contributed by atoms with E-state index in [1.807, 2.05) is 0 Å². The first-order valence-electron chi connectivity index (χ1n) is 4.35. The molecule has 0 aromatic rings. The first-order chi connectivity index (χ1) is 6.11. The molecule has 0 radical (unpaired) electrons. The third-order valence-electron chi connectivity index (χ3n) is 1.90. The van der Waals surface area contributed by atoms with Crippen molar-refractivity contribution in [1.29, 1.82) is 0 Å². The fourth-order valence-electron chi connectivity index (χ4n) is 1.17. The van der Waals surface area contributed by atoms with Crippen LogP contribution in [0.1, 0.15) is 6.92 Å². The third kappa shape index (κ3) is 3.44. The zero-order valence-electron chi connectivity index (χ0n) is 7.59. The van der Waals surface area contributed by atoms with Crippen LogP contribution >= 0.6 is 11.8 Å². The summed E-state index contributed by atoms with van der Waals surface area (Å²) in [6.45, 7) is 1.93. The van der Waals surface area contributed by atoms with Crippen molar-refractivity contribution in [2.45, 2.75) is 31.3 Å². The standard InChI is InChI=1S/C8H16O4S/c1-5(9)3-13-4-7-8(11)6(10)2-12-7/h5-11H,2-4H2,1H3. The van der Waals surface area contributed by atoms with E-state index < -0.39 is 12.2 Å². The van der Waals surface area contributed by atoms with Gasteiger partial charge in [-0.25, -0.2) is 0 Å². The van der Waals surface area contributed by atoms with Crippen molar-refractivity contribution in [3.63, 3.8) is 0 Å². The molecule has 1 fully saturated rings. The van der Waals surface area contributed by atoms with E-state index in [1.165, 1.54) is 11.8 Å². The minimum atomic E-state index is -0.776. The Hall–Kier alpha value is 0.190. The molecule has 1 aliphatic heterocycles. The highest BCUT2D eigenvalue weighted by molar-refractivity contribution is 7.99. The normalized spacial score (nSPS) is 36.5. The van der Waals surface area contributed by atoms with Crippen LogP contribution in [0, 0.1) is 0 Å². The molecule has 0 bridgehead atoms. The molecular formula is C8H16O4S. The van der Waals surface area contributed by atoms with Crippen molar-refractivity contribution >= 4 is 11.8 Å². The Kier molecular flexibility index (Phi) is 4.48. The minimum Gasteiger partial charge on any atom is -0.393 e. The van der Waals surface area contributed by atoms with E-state index in [9.17, 15) is 5.11 Å². The molecule has 1 heterocycles. The lowest BCUT2D eigenvalue weighted by Crippen LogP contribution is -2.31. The summed E-state index contributed by atoms with van der Waals surface area (Å²) in [7, 11) is 0. The molecular weight excluding hydrogens is 192 g/mol. The van der Waals surface area contributed by atoms with Gasteiger partial charge in [0, 0.05) is 11.5 Å². The zero-order chi connectivity index (χ0) is 9.84. The Labute approximate surface area is 81.9 Å². The molecule has 4 nitrogen and oxygen atoms in total. The summed E-state index contributed by atoms with van der Waals surface area (Å²) in [5, 5.41) is 27.5. The zero-order valence-corrected chi connectivity index (χ0v) is 8.41. The Bertz CT molecular complexity index is 153. The molecule has 0 aromatic carbocycles. The number of thioether (sulfide) groups is 1. The summed E-state index contributed by atoms with van der Waals surface area (Å²) in [5.74, 6) is 1.24. The van der Waals surface area contributed by atoms with Crippen molar-refractivity contribution in [2.75, 3.05) is 18.1 Å². The minimum absolute atomic E-state index is 0.209. The monoisotopic (exact) mass is 208 g/mol. The van der Waals surface area contributed by atoms with Crippen LogP contribution in [0.15, 0.2) is 0 Å². The van der Waals surface area contributed by atoms with Crippen molar-refractivity contribution in [3.05, 3.63) is 0 Å². The van der Waals surface area contributed by atoms with Crippen molar-refractivity contribution < 1.29 is 20.1 Å². The molecule has 0 aliphatic carbocycles. The molecule has 4 unspecified atom stereocenters. The summed E-state index contributed by atoms with van der Waals surface area (Å²) in [4.78, 5) is 0. The summed E-state index contributed by atoms with van der Waals surface area (Å²) < 4.78 is 5.16. The Balaban J connectivity index is 2.15. The van der Waals surface area contributed by atoms with E-state index in [2.05, 4.69) is 0 Å². The van der Waals surface area contributed by atoms with Crippen LogP contribution in [0.3, 0.4) is 0 Å². The predicted octanol–water partition coefficient (Wildman–Crippen LogP) is -0.779. The van der Waals surface area contributed by atoms with E-state index in [4.69, 9.17) is 14.9 Å². The number of hydrogen-bond acceptors (Lipinski definition) is 5. The first kappa shape index (κ1) is 11.3. The first-order valence-corrected chi connectivity index (χ1v) is 5.50. The van der Waals surface area contributed by atoms with Gasteiger partial charge in [0.2, 0.25) is 0 Å². The molecule has 1 rings (SSSR count). The van der Waals surface area contributed by atoms with Gasteiger partial charge in [-0.05, 0) is 6.92 Å². The number of ether oxygens (including phenoxy) is 1.